The molecule has 20 heavy (non-hydrogen) atoms. The van der Waals surface area contributed by atoms with Crippen molar-refractivity contribution in [3.8, 4) is 0 Å². The SMILES string of the molecule is COC(=O)C1(Nc2ccc(C)cc2)CCS(=O)(=O)CC1. The molecule has 0 aromatic heterocycles. The van der Waals surface area contributed by atoms with E-state index in [4.69, 9.17) is 4.74 Å². The number of nitrogens with one attached hydrogen (secondary N) is 1. The van der Waals surface area contributed by atoms with E-state index in [2.05, 4.69) is 5.32 Å². The van der Waals surface area contributed by atoms with Gasteiger partial charge in [-0.15, -0.1) is 0 Å². The third-order valence-electron chi connectivity index (χ3n) is 3.69. The maximum Gasteiger partial charge on any atom is 0.331 e. The molecule has 110 valence electrons. The van der Waals surface area contributed by atoms with Crippen molar-refractivity contribution >= 4 is 21.5 Å². The van der Waals surface area contributed by atoms with Gasteiger partial charge < -0.3 is 10.1 Å². The molecule has 1 heterocycles. The van der Waals surface area contributed by atoms with E-state index < -0.39 is 21.3 Å². The third kappa shape index (κ3) is 3.12. The van der Waals surface area contributed by atoms with E-state index in [9.17, 15) is 13.2 Å². The van der Waals surface area contributed by atoms with Gasteiger partial charge in [0.15, 0.2) is 9.84 Å². The van der Waals surface area contributed by atoms with Crippen molar-refractivity contribution in [3.05, 3.63) is 29.8 Å². The molecule has 2 rings (SSSR count). The second-order valence-electron chi connectivity index (χ2n) is 5.22. The van der Waals surface area contributed by atoms with Gasteiger partial charge in [-0.05, 0) is 31.9 Å². The van der Waals surface area contributed by atoms with Crippen LogP contribution in [0.3, 0.4) is 0 Å². The highest BCUT2D eigenvalue weighted by Gasteiger charge is 2.44. The number of carbonyl (C=O) groups excluding carboxylic acids is 1. The molecule has 1 N–H and O–H groups in total. The van der Waals surface area contributed by atoms with E-state index in [0.29, 0.717) is 0 Å². The van der Waals surface area contributed by atoms with Gasteiger partial charge in [0.2, 0.25) is 0 Å². The first-order valence-corrected chi connectivity index (χ1v) is 8.33. The molecule has 0 unspecified atom stereocenters. The molecule has 0 bridgehead atoms. The average molecular weight is 297 g/mol. The number of sulfone groups is 1. The number of ether oxygens (including phenoxy) is 1. The van der Waals surface area contributed by atoms with Crippen LogP contribution in [0.5, 0.6) is 0 Å². The molecule has 0 spiro atoms. The van der Waals surface area contributed by atoms with E-state index in [1.807, 2.05) is 31.2 Å². The van der Waals surface area contributed by atoms with Gasteiger partial charge in [0.1, 0.15) is 5.54 Å². The number of hydrogen-bond donors (Lipinski definition) is 1. The smallest absolute Gasteiger partial charge is 0.331 e. The molecule has 0 aliphatic carbocycles. The summed E-state index contributed by atoms with van der Waals surface area (Å²) in [5.74, 6) is -0.407. The lowest BCUT2D eigenvalue weighted by Gasteiger charge is -2.35. The molecule has 5 nitrogen and oxygen atoms in total. The summed E-state index contributed by atoms with van der Waals surface area (Å²) in [5, 5.41) is 3.17. The molecule has 0 saturated carbocycles. The van der Waals surface area contributed by atoms with Crippen LogP contribution in [0.4, 0.5) is 5.69 Å². The van der Waals surface area contributed by atoms with Crippen molar-refractivity contribution in [2.24, 2.45) is 0 Å². The summed E-state index contributed by atoms with van der Waals surface area (Å²) >= 11 is 0. The Morgan fingerprint density at radius 2 is 1.75 bits per heavy atom. The summed E-state index contributed by atoms with van der Waals surface area (Å²) in [4.78, 5) is 12.1. The lowest BCUT2D eigenvalue weighted by Crippen LogP contribution is -2.52. The molecule has 1 fully saturated rings. The topological polar surface area (TPSA) is 72.5 Å². The molecule has 1 aliphatic heterocycles. The zero-order valence-corrected chi connectivity index (χ0v) is 12.5. The zero-order chi connectivity index (χ0) is 14.8. The Balaban J connectivity index is 2.24. The van der Waals surface area contributed by atoms with E-state index in [1.54, 1.807) is 0 Å². The van der Waals surface area contributed by atoms with Gasteiger partial charge in [-0.25, -0.2) is 13.2 Å². The predicted octanol–water partition coefficient (Wildman–Crippen LogP) is 1.53. The van der Waals surface area contributed by atoms with Crippen molar-refractivity contribution in [3.63, 3.8) is 0 Å². The highest BCUT2D eigenvalue weighted by molar-refractivity contribution is 7.91. The first-order chi connectivity index (χ1) is 9.37. The van der Waals surface area contributed by atoms with Gasteiger partial charge in [0.05, 0.1) is 18.6 Å². The number of carbonyl (C=O) groups is 1. The fourth-order valence-corrected chi connectivity index (χ4v) is 3.90. The number of benzene rings is 1. The van der Waals surface area contributed by atoms with Crippen LogP contribution < -0.4 is 5.32 Å². The normalized spacial score (nSPS) is 20.1. The van der Waals surface area contributed by atoms with Crippen LogP contribution in [0.15, 0.2) is 24.3 Å². The van der Waals surface area contributed by atoms with Crippen molar-refractivity contribution in [1.82, 2.24) is 0 Å². The Hall–Kier alpha value is -1.56. The van der Waals surface area contributed by atoms with Crippen LogP contribution in [-0.2, 0) is 19.4 Å². The number of aryl methyl sites for hydroxylation is 1. The largest absolute Gasteiger partial charge is 0.467 e. The molecule has 1 aliphatic rings. The molecule has 1 aromatic carbocycles. The standard InChI is InChI=1S/C14H19NO4S/c1-11-3-5-12(6-4-11)15-14(13(16)19-2)7-9-20(17,18)10-8-14/h3-6,15H,7-10H2,1-2H3. The highest BCUT2D eigenvalue weighted by atomic mass is 32.2. The predicted molar refractivity (Wildman–Crippen MR) is 77.4 cm³/mol. The lowest BCUT2D eigenvalue weighted by atomic mass is 9.91. The van der Waals surface area contributed by atoms with Gasteiger partial charge in [0, 0.05) is 5.69 Å². The molecule has 1 aromatic rings. The average Bonchev–Trinajstić information content (AvgIpc) is 2.43. The van der Waals surface area contributed by atoms with E-state index >= 15 is 0 Å². The maximum absolute atomic E-state index is 12.1. The van der Waals surface area contributed by atoms with Gasteiger partial charge in [-0.1, -0.05) is 17.7 Å². The Morgan fingerprint density at radius 1 is 1.20 bits per heavy atom. The first kappa shape index (κ1) is 14.8. The molecule has 0 radical (unpaired) electrons. The van der Waals surface area contributed by atoms with Crippen molar-refractivity contribution in [2.75, 3.05) is 23.9 Å². The summed E-state index contributed by atoms with van der Waals surface area (Å²) in [6, 6.07) is 7.63. The van der Waals surface area contributed by atoms with E-state index in [0.717, 1.165) is 11.3 Å². The quantitative estimate of drug-likeness (QED) is 0.857. The molecule has 6 heteroatoms. The maximum atomic E-state index is 12.1. The number of rotatable bonds is 3. The Labute approximate surface area is 119 Å². The molecular formula is C14H19NO4S. The summed E-state index contributed by atoms with van der Waals surface area (Å²) in [6.45, 7) is 1.98. The number of esters is 1. The third-order valence-corrected chi connectivity index (χ3v) is 5.34. The first-order valence-electron chi connectivity index (χ1n) is 6.51. The molecule has 0 atom stereocenters. The molecule has 0 amide bonds. The highest BCUT2D eigenvalue weighted by Crippen LogP contribution is 2.29. The minimum atomic E-state index is -3.04. The van der Waals surface area contributed by atoms with E-state index in [-0.39, 0.29) is 24.3 Å². The van der Waals surface area contributed by atoms with E-state index in [1.165, 1.54) is 7.11 Å². The van der Waals surface area contributed by atoms with Crippen LogP contribution in [0.2, 0.25) is 0 Å². The van der Waals surface area contributed by atoms with Crippen LogP contribution >= 0.6 is 0 Å². The Morgan fingerprint density at radius 3 is 2.25 bits per heavy atom. The fraction of sp³-hybridized carbons (Fsp3) is 0.500. The van der Waals surface area contributed by atoms with Crippen molar-refractivity contribution < 1.29 is 17.9 Å². The Kier molecular flexibility index (Phi) is 4.04. The fourth-order valence-electron chi connectivity index (χ4n) is 2.38. The van der Waals surface area contributed by atoms with Crippen LogP contribution in [0, 0.1) is 6.92 Å². The van der Waals surface area contributed by atoms with Gasteiger partial charge in [0.25, 0.3) is 0 Å². The summed E-state index contributed by atoms with van der Waals surface area (Å²) in [6.07, 6.45) is 0.464. The van der Waals surface area contributed by atoms with Gasteiger partial charge >= 0.3 is 5.97 Å². The second-order valence-corrected chi connectivity index (χ2v) is 7.52. The summed E-state index contributed by atoms with van der Waals surface area (Å²) in [7, 11) is -1.72. The molecule has 1 saturated heterocycles. The van der Waals surface area contributed by atoms with Crippen molar-refractivity contribution in [2.45, 2.75) is 25.3 Å². The monoisotopic (exact) mass is 297 g/mol. The van der Waals surface area contributed by atoms with Crippen LogP contribution in [-0.4, -0.2) is 38.5 Å². The number of hydrogen-bond acceptors (Lipinski definition) is 5. The van der Waals surface area contributed by atoms with Crippen LogP contribution in [0.1, 0.15) is 18.4 Å². The summed E-state index contributed by atoms with van der Waals surface area (Å²) < 4.78 is 28.0. The zero-order valence-electron chi connectivity index (χ0n) is 11.7. The minimum absolute atomic E-state index is 0.000954. The van der Waals surface area contributed by atoms with Crippen LogP contribution in [0.25, 0.3) is 0 Å². The van der Waals surface area contributed by atoms with Gasteiger partial charge in [-0.3, -0.25) is 0 Å². The van der Waals surface area contributed by atoms with Gasteiger partial charge in [-0.2, -0.15) is 0 Å². The second kappa shape index (κ2) is 5.44. The minimum Gasteiger partial charge on any atom is -0.467 e. The number of anilines is 1. The van der Waals surface area contributed by atoms with Crippen molar-refractivity contribution in [1.29, 1.82) is 0 Å². The number of methoxy groups -OCH3 is 1. The summed E-state index contributed by atoms with van der Waals surface area (Å²) in [5.41, 5.74) is 0.962. The lowest BCUT2D eigenvalue weighted by molar-refractivity contribution is -0.146. The molecular weight excluding hydrogens is 278 g/mol. The Bertz CT molecular complexity index is 578.